The lowest BCUT2D eigenvalue weighted by Crippen LogP contribution is -2.24. The average Bonchev–Trinajstić information content (AvgIpc) is 3.10. The van der Waals surface area contributed by atoms with Crippen molar-refractivity contribution >= 4 is 17.2 Å². The highest BCUT2D eigenvalue weighted by Gasteiger charge is 2.28. The maximum Gasteiger partial charge on any atom is 0.132 e. The highest BCUT2D eigenvalue weighted by Crippen LogP contribution is 2.33. The Bertz CT molecular complexity index is 596. The molecule has 1 unspecified atom stereocenters. The van der Waals surface area contributed by atoms with Crippen LogP contribution in [0.15, 0.2) is 17.0 Å². The molecule has 0 spiro atoms. The minimum absolute atomic E-state index is 0.382. The van der Waals surface area contributed by atoms with Gasteiger partial charge < -0.3 is 4.90 Å². The van der Waals surface area contributed by atoms with E-state index in [4.69, 9.17) is 0 Å². The summed E-state index contributed by atoms with van der Waals surface area (Å²) in [6.07, 6.45) is 2.38. The molecule has 5 nitrogen and oxygen atoms in total. The molecule has 2 aromatic heterocycles. The second-order valence-electron chi connectivity index (χ2n) is 5.70. The summed E-state index contributed by atoms with van der Waals surface area (Å²) >= 11 is 1.66. The molecule has 0 radical (unpaired) electrons. The van der Waals surface area contributed by atoms with Gasteiger partial charge in [-0.05, 0) is 26.3 Å². The molecule has 1 aliphatic rings. The summed E-state index contributed by atoms with van der Waals surface area (Å²) in [6, 6.07) is 2.50. The number of thiazole rings is 1. The fourth-order valence-corrected chi connectivity index (χ4v) is 3.40. The molecule has 1 fully saturated rings. The van der Waals surface area contributed by atoms with Crippen molar-refractivity contribution in [1.82, 2.24) is 19.9 Å². The van der Waals surface area contributed by atoms with E-state index in [1.165, 1.54) is 6.42 Å². The predicted molar refractivity (Wildman–Crippen MR) is 85.6 cm³/mol. The number of nitrogens with zero attached hydrogens (tertiary/aromatic N) is 5. The molecule has 21 heavy (non-hydrogen) atoms. The van der Waals surface area contributed by atoms with Gasteiger partial charge in [0.05, 0.1) is 22.9 Å². The molecule has 6 heteroatoms. The minimum Gasteiger partial charge on any atom is -0.363 e. The monoisotopic (exact) mass is 303 g/mol. The van der Waals surface area contributed by atoms with Gasteiger partial charge in [-0.2, -0.15) is 0 Å². The lowest BCUT2D eigenvalue weighted by Gasteiger charge is -2.24. The molecule has 3 heterocycles. The number of anilines is 1. The van der Waals surface area contributed by atoms with Gasteiger partial charge in [0.2, 0.25) is 0 Å². The second-order valence-corrected chi connectivity index (χ2v) is 6.42. The van der Waals surface area contributed by atoms with Crippen molar-refractivity contribution in [3.63, 3.8) is 0 Å². The highest BCUT2D eigenvalue weighted by molar-refractivity contribution is 7.07. The van der Waals surface area contributed by atoms with Crippen LogP contribution in [0.3, 0.4) is 0 Å². The van der Waals surface area contributed by atoms with Crippen LogP contribution in [0.2, 0.25) is 0 Å². The number of likely N-dealkylation sites (tertiary alicyclic amines) is 1. The maximum atomic E-state index is 4.68. The Hall–Kier alpha value is -1.53. The van der Waals surface area contributed by atoms with Crippen LogP contribution in [0.1, 0.15) is 36.1 Å². The molecule has 3 rings (SSSR count). The van der Waals surface area contributed by atoms with E-state index in [1.54, 1.807) is 11.3 Å². The van der Waals surface area contributed by atoms with Crippen molar-refractivity contribution in [3.8, 4) is 0 Å². The smallest absolute Gasteiger partial charge is 0.132 e. The number of hydrogen-bond donors (Lipinski definition) is 0. The van der Waals surface area contributed by atoms with Gasteiger partial charge in [0.15, 0.2) is 0 Å². The van der Waals surface area contributed by atoms with Gasteiger partial charge in [-0.1, -0.05) is 0 Å². The predicted octanol–water partition coefficient (Wildman–Crippen LogP) is 2.64. The van der Waals surface area contributed by atoms with Crippen LogP contribution < -0.4 is 4.90 Å². The number of aryl methyl sites for hydroxylation is 1. The third-order valence-corrected chi connectivity index (χ3v) is 4.49. The molecular weight excluding hydrogens is 282 g/mol. The van der Waals surface area contributed by atoms with E-state index in [0.717, 1.165) is 42.5 Å². The highest BCUT2D eigenvalue weighted by atomic mass is 32.1. The van der Waals surface area contributed by atoms with Crippen molar-refractivity contribution in [3.05, 3.63) is 34.2 Å². The molecule has 0 aromatic carbocycles. The van der Waals surface area contributed by atoms with Crippen LogP contribution >= 0.6 is 11.3 Å². The third kappa shape index (κ3) is 3.22. The summed E-state index contributed by atoms with van der Waals surface area (Å²) < 4.78 is 0. The molecule has 0 N–H and O–H groups in total. The zero-order chi connectivity index (χ0) is 14.8. The van der Waals surface area contributed by atoms with Crippen LogP contribution in [0, 0.1) is 6.92 Å². The quantitative estimate of drug-likeness (QED) is 0.869. The van der Waals surface area contributed by atoms with Gasteiger partial charge in [-0.15, -0.1) is 11.3 Å². The summed E-state index contributed by atoms with van der Waals surface area (Å²) in [4.78, 5) is 18.1. The Kier molecular flexibility index (Phi) is 4.17. The molecule has 0 bridgehead atoms. The summed E-state index contributed by atoms with van der Waals surface area (Å²) in [6.45, 7) is 3.99. The topological polar surface area (TPSA) is 45.2 Å². The zero-order valence-corrected chi connectivity index (χ0v) is 13.6. The van der Waals surface area contributed by atoms with Gasteiger partial charge in [-0.3, -0.25) is 4.90 Å². The third-order valence-electron chi connectivity index (χ3n) is 3.86. The Morgan fingerprint density at radius 3 is 2.95 bits per heavy atom. The second kappa shape index (κ2) is 6.07. The van der Waals surface area contributed by atoms with Crippen LogP contribution in [0.25, 0.3) is 0 Å². The van der Waals surface area contributed by atoms with Crippen molar-refractivity contribution < 1.29 is 0 Å². The van der Waals surface area contributed by atoms with Gasteiger partial charge in [0, 0.05) is 32.1 Å². The SMILES string of the molecule is Cc1nc(C2CCCN2Cc2cscn2)cc(N(C)C)n1. The Morgan fingerprint density at radius 1 is 1.38 bits per heavy atom. The number of rotatable bonds is 4. The van der Waals surface area contributed by atoms with E-state index in [1.807, 2.05) is 31.4 Å². The standard InChI is InChI=1S/C15H21N5S/c1-11-17-13(7-15(18-11)19(2)3)14-5-4-6-20(14)8-12-9-21-10-16-12/h7,9-10,14H,4-6,8H2,1-3H3. The van der Waals surface area contributed by atoms with Crippen LogP contribution in [0.4, 0.5) is 5.82 Å². The molecule has 0 aliphatic carbocycles. The number of hydrogen-bond acceptors (Lipinski definition) is 6. The molecule has 0 amide bonds. The lowest BCUT2D eigenvalue weighted by molar-refractivity contribution is 0.241. The van der Waals surface area contributed by atoms with Gasteiger partial charge in [0.25, 0.3) is 0 Å². The van der Waals surface area contributed by atoms with E-state index in [0.29, 0.717) is 6.04 Å². The van der Waals surface area contributed by atoms with Crippen LogP contribution in [-0.2, 0) is 6.54 Å². The normalized spacial score (nSPS) is 19.1. The van der Waals surface area contributed by atoms with E-state index in [9.17, 15) is 0 Å². The Labute approximate surface area is 129 Å². The van der Waals surface area contributed by atoms with Crippen molar-refractivity contribution in [2.45, 2.75) is 32.4 Å². The number of aromatic nitrogens is 3. The Balaban J connectivity index is 1.84. The maximum absolute atomic E-state index is 4.68. The molecule has 0 saturated carbocycles. The molecule has 1 aliphatic heterocycles. The van der Waals surface area contributed by atoms with Crippen LogP contribution in [0.5, 0.6) is 0 Å². The summed E-state index contributed by atoms with van der Waals surface area (Å²) in [5.74, 6) is 1.83. The van der Waals surface area contributed by atoms with Crippen molar-refractivity contribution in [2.75, 3.05) is 25.5 Å². The fraction of sp³-hybridized carbons (Fsp3) is 0.533. The summed E-state index contributed by atoms with van der Waals surface area (Å²) in [5, 5.41) is 2.13. The van der Waals surface area contributed by atoms with E-state index in [-0.39, 0.29) is 0 Å². The van der Waals surface area contributed by atoms with E-state index in [2.05, 4.69) is 31.3 Å². The first-order valence-corrected chi connectivity index (χ1v) is 8.22. The molecule has 1 saturated heterocycles. The van der Waals surface area contributed by atoms with Crippen molar-refractivity contribution in [2.24, 2.45) is 0 Å². The van der Waals surface area contributed by atoms with E-state index >= 15 is 0 Å². The molecule has 2 aromatic rings. The van der Waals surface area contributed by atoms with Crippen molar-refractivity contribution in [1.29, 1.82) is 0 Å². The molecule has 1 atom stereocenters. The first-order valence-electron chi connectivity index (χ1n) is 7.27. The zero-order valence-electron chi connectivity index (χ0n) is 12.8. The average molecular weight is 303 g/mol. The van der Waals surface area contributed by atoms with Gasteiger partial charge in [-0.25, -0.2) is 15.0 Å². The fourth-order valence-electron chi connectivity index (χ4n) is 2.85. The largest absolute Gasteiger partial charge is 0.363 e. The summed E-state index contributed by atoms with van der Waals surface area (Å²) in [5.41, 5.74) is 4.20. The van der Waals surface area contributed by atoms with Crippen LogP contribution in [-0.4, -0.2) is 40.5 Å². The molecule has 112 valence electrons. The van der Waals surface area contributed by atoms with Gasteiger partial charge >= 0.3 is 0 Å². The van der Waals surface area contributed by atoms with Gasteiger partial charge in [0.1, 0.15) is 11.6 Å². The minimum atomic E-state index is 0.382. The lowest BCUT2D eigenvalue weighted by atomic mass is 10.1. The Morgan fingerprint density at radius 2 is 2.24 bits per heavy atom. The first-order chi connectivity index (χ1) is 10.1. The summed E-state index contributed by atoms with van der Waals surface area (Å²) in [7, 11) is 4.04. The molecular formula is C15H21N5S. The first kappa shape index (κ1) is 14.4. The van der Waals surface area contributed by atoms with E-state index < -0.39 is 0 Å².